The van der Waals surface area contributed by atoms with Gasteiger partial charge in [-0.1, -0.05) is 7.43 Å². The second kappa shape index (κ2) is 7.05. The summed E-state index contributed by atoms with van der Waals surface area (Å²) in [6, 6.07) is 3.37. The van der Waals surface area contributed by atoms with Crippen LogP contribution in [0, 0.1) is 0 Å². The summed E-state index contributed by atoms with van der Waals surface area (Å²) in [6.45, 7) is 3.03. The van der Waals surface area contributed by atoms with Gasteiger partial charge in [0, 0.05) is 43.6 Å². The fraction of sp³-hybridized carbons (Fsp3) is 0.588. The zero-order valence-electron chi connectivity index (χ0n) is 12.3. The number of hydrogen-bond donors (Lipinski definition) is 2. The van der Waals surface area contributed by atoms with E-state index in [4.69, 9.17) is 4.74 Å². The van der Waals surface area contributed by atoms with Gasteiger partial charge in [-0.3, -0.25) is 0 Å². The monoisotopic (exact) mass is 289 g/mol. The van der Waals surface area contributed by atoms with E-state index < -0.39 is 0 Å². The third-order valence-corrected chi connectivity index (χ3v) is 4.00. The summed E-state index contributed by atoms with van der Waals surface area (Å²) in [5, 5.41) is 4.88. The zero-order valence-corrected chi connectivity index (χ0v) is 12.3. The highest BCUT2D eigenvalue weighted by Crippen LogP contribution is 2.26. The van der Waals surface area contributed by atoms with Crippen molar-refractivity contribution >= 4 is 11.0 Å². The molecular formula is C17H27N3O. The van der Waals surface area contributed by atoms with Crippen LogP contribution < -0.4 is 5.32 Å². The number of nitrogens with zero attached hydrogens (tertiary/aromatic N) is 1. The van der Waals surface area contributed by atoms with Gasteiger partial charge in [-0.15, -0.1) is 0 Å². The lowest BCUT2D eigenvalue weighted by Crippen LogP contribution is -2.20. The maximum atomic E-state index is 5.13. The van der Waals surface area contributed by atoms with Crippen molar-refractivity contribution in [2.24, 2.45) is 0 Å². The van der Waals surface area contributed by atoms with Crippen LogP contribution in [0.1, 0.15) is 50.8 Å². The van der Waals surface area contributed by atoms with Crippen LogP contribution in [0.2, 0.25) is 0 Å². The molecule has 0 radical (unpaired) electrons. The number of aromatic amines is 1. The zero-order chi connectivity index (χ0) is 13.9. The Balaban J connectivity index is 0.00000161. The summed E-state index contributed by atoms with van der Waals surface area (Å²) in [4.78, 5) is 7.81. The van der Waals surface area contributed by atoms with Gasteiger partial charge in [-0.05, 0) is 49.8 Å². The molecule has 1 aliphatic carbocycles. The molecule has 1 fully saturated rings. The Hall–Kier alpha value is -1.39. The van der Waals surface area contributed by atoms with Gasteiger partial charge in [0.25, 0.3) is 0 Å². The molecule has 1 aliphatic rings. The van der Waals surface area contributed by atoms with E-state index in [1.165, 1.54) is 29.4 Å². The molecule has 0 bridgehead atoms. The Morgan fingerprint density at radius 1 is 1.48 bits per heavy atom. The van der Waals surface area contributed by atoms with Crippen molar-refractivity contribution in [3.8, 4) is 0 Å². The SMILES string of the molecule is C.COCCCc1c[nH]c2ncc(C(C)NC3CC3)cc12. The van der Waals surface area contributed by atoms with Crippen LogP contribution in [0.25, 0.3) is 11.0 Å². The standard InChI is InChI=1S/C16H23N3O.CH4/c1-11(19-14-5-6-14)13-8-15-12(4-3-7-20-2)9-17-16(15)18-10-13;/h8-11,14,19H,3-7H2,1-2H3,(H,17,18);1H4. The topological polar surface area (TPSA) is 49.9 Å². The predicted octanol–water partition coefficient (Wildman–Crippen LogP) is 3.59. The molecule has 2 aromatic heterocycles. The van der Waals surface area contributed by atoms with Gasteiger partial charge in [-0.25, -0.2) is 4.98 Å². The number of methoxy groups -OCH3 is 1. The van der Waals surface area contributed by atoms with Crippen molar-refractivity contribution < 1.29 is 4.74 Å². The molecular weight excluding hydrogens is 262 g/mol. The lowest BCUT2D eigenvalue weighted by atomic mass is 10.1. The summed E-state index contributed by atoms with van der Waals surface area (Å²) in [6.07, 6.45) is 8.76. The fourth-order valence-electron chi connectivity index (χ4n) is 2.62. The first kappa shape index (κ1) is 16.0. The second-order valence-corrected chi connectivity index (χ2v) is 5.74. The molecule has 0 saturated heterocycles. The molecule has 0 aromatic carbocycles. The Bertz CT molecular complexity index is 574. The van der Waals surface area contributed by atoms with Crippen molar-refractivity contribution in [3.05, 3.63) is 29.6 Å². The normalized spacial score (nSPS) is 15.9. The lowest BCUT2D eigenvalue weighted by molar-refractivity contribution is 0.195. The summed E-state index contributed by atoms with van der Waals surface area (Å²) in [5.41, 5.74) is 3.60. The van der Waals surface area contributed by atoms with E-state index in [-0.39, 0.29) is 7.43 Å². The first-order valence-electron chi connectivity index (χ1n) is 7.49. The number of nitrogens with one attached hydrogen (secondary N) is 2. The van der Waals surface area contributed by atoms with Crippen molar-refractivity contribution in [2.45, 2.75) is 52.1 Å². The number of rotatable bonds is 7. The third kappa shape index (κ3) is 3.83. The molecule has 2 heterocycles. The van der Waals surface area contributed by atoms with Crippen LogP contribution in [-0.2, 0) is 11.2 Å². The molecule has 1 atom stereocenters. The van der Waals surface area contributed by atoms with Crippen LogP contribution >= 0.6 is 0 Å². The molecule has 116 valence electrons. The summed E-state index contributed by atoms with van der Waals surface area (Å²) in [5.74, 6) is 0. The smallest absolute Gasteiger partial charge is 0.137 e. The van der Waals surface area contributed by atoms with Gasteiger partial charge in [0.2, 0.25) is 0 Å². The molecule has 2 N–H and O–H groups in total. The Morgan fingerprint density at radius 2 is 2.29 bits per heavy atom. The van der Waals surface area contributed by atoms with Gasteiger partial charge in [0.1, 0.15) is 5.65 Å². The highest BCUT2D eigenvalue weighted by molar-refractivity contribution is 5.80. The maximum absolute atomic E-state index is 5.13. The van der Waals surface area contributed by atoms with Crippen LogP contribution in [0.4, 0.5) is 0 Å². The first-order chi connectivity index (χ1) is 9.78. The minimum atomic E-state index is 0. The molecule has 0 amide bonds. The number of aryl methyl sites for hydroxylation is 1. The number of aromatic nitrogens is 2. The molecule has 1 unspecified atom stereocenters. The number of hydrogen-bond acceptors (Lipinski definition) is 3. The Labute approximate surface area is 127 Å². The van der Waals surface area contributed by atoms with Crippen molar-refractivity contribution in [1.29, 1.82) is 0 Å². The van der Waals surface area contributed by atoms with Gasteiger partial charge < -0.3 is 15.0 Å². The molecule has 1 saturated carbocycles. The number of fused-ring (bicyclic) bond motifs is 1. The number of ether oxygens (including phenoxy) is 1. The fourth-order valence-corrected chi connectivity index (χ4v) is 2.62. The predicted molar refractivity (Wildman–Crippen MR) is 87.6 cm³/mol. The van der Waals surface area contributed by atoms with Gasteiger partial charge in [0.15, 0.2) is 0 Å². The second-order valence-electron chi connectivity index (χ2n) is 5.74. The van der Waals surface area contributed by atoms with Crippen LogP contribution in [0.5, 0.6) is 0 Å². The summed E-state index contributed by atoms with van der Waals surface area (Å²) in [7, 11) is 1.75. The lowest BCUT2D eigenvalue weighted by Gasteiger charge is -2.13. The highest BCUT2D eigenvalue weighted by atomic mass is 16.5. The Morgan fingerprint density at radius 3 is 3.00 bits per heavy atom. The molecule has 0 spiro atoms. The molecule has 4 nitrogen and oxygen atoms in total. The minimum Gasteiger partial charge on any atom is -0.385 e. The van der Waals surface area contributed by atoms with Crippen LogP contribution in [0.3, 0.4) is 0 Å². The van der Waals surface area contributed by atoms with E-state index in [0.29, 0.717) is 12.1 Å². The number of pyridine rings is 1. The highest BCUT2D eigenvalue weighted by Gasteiger charge is 2.23. The average Bonchev–Trinajstić information content (AvgIpc) is 3.18. The van der Waals surface area contributed by atoms with E-state index in [2.05, 4.69) is 34.5 Å². The van der Waals surface area contributed by atoms with E-state index in [1.54, 1.807) is 7.11 Å². The quantitative estimate of drug-likeness (QED) is 0.766. The van der Waals surface area contributed by atoms with Gasteiger partial charge in [0.05, 0.1) is 0 Å². The third-order valence-electron chi connectivity index (χ3n) is 4.00. The van der Waals surface area contributed by atoms with E-state index in [9.17, 15) is 0 Å². The molecule has 3 rings (SSSR count). The van der Waals surface area contributed by atoms with E-state index >= 15 is 0 Å². The number of H-pyrrole nitrogens is 1. The first-order valence-corrected chi connectivity index (χ1v) is 7.49. The largest absolute Gasteiger partial charge is 0.385 e. The molecule has 4 heteroatoms. The molecule has 0 aliphatic heterocycles. The van der Waals surface area contributed by atoms with E-state index in [1.807, 2.05) is 6.20 Å². The van der Waals surface area contributed by atoms with Crippen LogP contribution in [0.15, 0.2) is 18.5 Å². The van der Waals surface area contributed by atoms with Crippen molar-refractivity contribution in [2.75, 3.05) is 13.7 Å². The molecule has 21 heavy (non-hydrogen) atoms. The summed E-state index contributed by atoms with van der Waals surface area (Å²) >= 11 is 0. The Kier molecular flexibility index (Phi) is 5.37. The summed E-state index contributed by atoms with van der Waals surface area (Å²) < 4.78 is 5.13. The minimum absolute atomic E-state index is 0. The van der Waals surface area contributed by atoms with E-state index in [0.717, 1.165) is 25.1 Å². The average molecular weight is 289 g/mol. The van der Waals surface area contributed by atoms with Crippen LogP contribution in [-0.4, -0.2) is 29.7 Å². The van der Waals surface area contributed by atoms with Crippen molar-refractivity contribution in [1.82, 2.24) is 15.3 Å². The molecule has 2 aromatic rings. The van der Waals surface area contributed by atoms with Gasteiger partial charge in [-0.2, -0.15) is 0 Å². The van der Waals surface area contributed by atoms with Gasteiger partial charge >= 0.3 is 0 Å². The van der Waals surface area contributed by atoms with Crippen molar-refractivity contribution in [3.63, 3.8) is 0 Å². The maximum Gasteiger partial charge on any atom is 0.137 e.